The summed E-state index contributed by atoms with van der Waals surface area (Å²) in [6.07, 6.45) is 3.64. The van der Waals surface area contributed by atoms with Gasteiger partial charge < -0.3 is 9.97 Å². The third-order valence-corrected chi connectivity index (χ3v) is 5.32. The monoisotopic (exact) mass is 300 g/mol. The summed E-state index contributed by atoms with van der Waals surface area (Å²) in [5.74, 6) is -0.882. The molecule has 98 valence electrons. The minimum atomic E-state index is -0.441. The lowest BCUT2D eigenvalue weighted by Gasteiger charge is -1.93. The van der Waals surface area contributed by atoms with Crippen LogP contribution in [0.25, 0.3) is 20.4 Å². The molecule has 0 spiro atoms. The van der Waals surface area contributed by atoms with E-state index in [1.807, 2.05) is 24.5 Å². The SMILES string of the molecule is O=C(C(=O)c1cc2[nH]ccc2s1)c1cc2[nH]ccc2s1. The molecule has 0 aliphatic heterocycles. The Labute approximate surface area is 121 Å². The fraction of sp³-hybridized carbons (Fsp3) is 0. The second-order valence-corrected chi connectivity index (χ2v) is 6.56. The van der Waals surface area contributed by atoms with Crippen LogP contribution in [0.2, 0.25) is 0 Å². The Morgan fingerprint density at radius 3 is 1.65 bits per heavy atom. The van der Waals surface area contributed by atoms with Crippen LogP contribution in [0.15, 0.2) is 36.7 Å². The maximum atomic E-state index is 12.3. The zero-order chi connectivity index (χ0) is 13.7. The molecule has 4 heterocycles. The predicted octanol–water partition coefficient (Wildman–Crippen LogP) is 3.84. The van der Waals surface area contributed by atoms with E-state index in [1.54, 1.807) is 12.1 Å². The van der Waals surface area contributed by atoms with Gasteiger partial charge in [0.05, 0.1) is 30.2 Å². The van der Waals surface area contributed by atoms with Crippen LogP contribution < -0.4 is 0 Å². The van der Waals surface area contributed by atoms with E-state index in [1.165, 1.54) is 22.7 Å². The summed E-state index contributed by atoms with van der Waals surface area (Å²) in [5, 5.41) is 0. The number of aromatic amines is 2. The van der Waals surface area contributed by atoms with Crippen molar-refractivity contribution in [2.75, 3.05) is 0 Å². The summed E-state index contributed by atoms with van der Waals surface area (Å²) in [6, 6.07) is 7.27. The largest absolute Gasteiger partial charge is 0.360 e. The summed E-state index contributed by atoms with van der Waals surface area (Å²) in [7, 11) is 0. The molecule has 0 amide bonds. The van der Waals surface area contributed by atoms with Crippen molar-refractivity contribution in [2.24, 2.45) is 0 Å². The van der Waals surface area contributed by atoms with Gasteiger partial charge in [-0.05, 0) is 24.3 Å². The van der Waals surface area contributed by atoms with E-state index in [2.05, 4.69) is 9.97 Å². The molecule has 0 aliphatic rings. The molecule has 0 unspecified atom stereocenters. The Morgan fingerprint density at radius 1 is 0.800 bits per heavy atom. The Kier molecular flexibility index (Phi) is 2.42. The Morgan fingerprint density at radius 2 is 1.25 bits per heavy atom. The molecule has 4 nitrogen and oxygen atoms in total. The van der Waals surface area contributed by atoms with Crippen molar-refractivity contribution in [1.82, 2.24) is 9.97 Å². The van der Waals surface area contributed by atoms with Gasteiger partial charge in [-0.15, -0.1) is 22.7 Å². The van der Waals surface area contributed by atoms with Crippen LogP contribution in [-0.4, -0.2) is 21.5 Å². The van der Waals surface area contributed by atoms with E-state index in [0.29, 0.717) is 9.75 Å². The third kappa shape index (κ3) is 1.65. The highest BCUT2D eigenvalue weighted by molar-refractivity contribution is 7.23. The molecule has 20 heavy (non-hydrogen) atoms. The highest BCUT2D eigenvalue weighted by Gasteiger charge is 2.22. The maximum Gasteiger partial charge on any atom is 0.244 e. The van der Waals surface area contributed by atoms with Crippen LogP contribution in [0, 0.1) is 0 Å². The van der Waals surface area contributed by atoms with Crippen LogP contribution >= 0.6 is 22.7 Å². The number of hydrogen-bond donors (Lipinski definition) is 2. The lowest BCUT2D eigenvalue weighted by atomic mass is 10.2. The first kappa shape index (κ1) is 11.6. The Hall–Kier alpha value is -2.18. The second-order valence-electron chi connectivity index (χ2n) is 4.39. The van der Waals surface area contributed by atoms with Crippen molar-refractivity contribution in [3.05, 3.63) is 46.4 Å². The van der Waals surface area contributed by atoms with E-state index in [0.717, 1.165) is 20.4 Å². The molecule has 0 bridgehead atoms. The summed E-state index contributed by atoms with van der Waals surface area (Å²) < 4.78 is 1.97. The first-order chi connectivity index (χ1) is 9.72. The molecule has 0 saturated carbocycles. The number of aromatic nitrogens is 2. The van der Waals surface area contributed by atoms with Crippen LogP contribution in [0.4, 0.5) is 0 Å². The molecule has 4 rings (SSSR count). The number of fused-ring (bicyclic) bond motifs is 2. The first-order valence-electron chi connectivity index (χ1n) is 5.95. The highest BCUT2D eigenvalue weighted by Crippen LogP contribution is 2.28. The van der Waals surface area contributed by atoms with E-state index in [-0.39, 0.29) is 0 Å². The van der Waals surface area contributed by atoms with Crippen molar-refractivity contribution in [3.63, 3.8) is 0 Å². The number of nitrogens with one attached hydrogen (secondary N) is 2. The number of ketones is 2. The molecule has 2 N–H and O–H groups in total. The van der Waals surface area contributed by atoms with Crippen molar-refractivity contribution in [3.8, 4) is 0 Å². The number of rotatable bonds is 3. The molecule has 4 aromatic heterocycles. The second kappa shape index (κ2) is 4.16. The van der Waals surface area contributed by atoms with E-state index in [4.69, 9.17) is 0 Å². The molecular formula is C14H8N2O2S2. The molecule has 6 heteroatoms. The molecule has 0 aliphatic carbocycles. The minimum Gasteiger partial charge on any atom is -0.360 e. The summed E-state index contributed by atoms with van der Waals surface area (Å²) in [4.78, 5) is 31.5. The van der Waals surface area contributed by atoms with Gasteiger partial charge in [0.1, 0.15) is 0 Å². The van der Waals surface area contributed by atoms with Crippen molar-refractivity contribution in [2.45, 2.75) is 0 Å². The summed E-state index contributed by atoms with van der Waals surface area (Å²) >= 11 is 2.68. The topological polar surface area (TPSA) is 65.7 Å². The van der Waals surface area contributed by atoms with Gasteiger partial charge in [0.15, 0.2) is 0 Å². The van der Waals surface area contributed by atoms with Gasteiger partial charge in [-0.1, -0.05) is 0 Å². The summed E-state index contributed by atoms with van der Waals surface area (Å²) in [6.45, 7) is 0. The summed E-state index contributed by atoms with van der Waals surface area (Å²) in [5.41, 5.74) is 1.79. The lowest BCUT2D eigenvalue weighted by Crippen LogP contribution is -2.11. The smallest absolute Gasteiger partial charge is 0.244 e. The van der Waals surface area contributed by atoms with Gasteiger partial charge in [0.2, 0.25) is 11.6 Å². The number of carbonyl (C=O) groups excluding carboxylic acids is 2. The van der Waals surface area contributed by atoms with E-state index < -0.39 is 11.6 Å². The number of H-pyrrole nitrogens is 2. The molecule has 0 aromatic carbocycles. The molecule has 0 saturated heterocycles. The zero-order valence-electron chi connectivity index (χ0n) is 10.1. The highest BCUT2D eigenvalue weighted by atomic mass is 32.1. The van der Waals surface area contributed by atoms with Crippen LogP contribution in [0.1, 0.15) is 19.3 Å². The van der Waals surface area contributed by atoms with Crippen molar-refractivity contribution < 1.29 is 9.59 Å². The molecule has 0 atom stereocenters. The minimum absolute atomic E-state index is 0.441. The molecule has 0 fully saturated rings. The van der Waals surface area contributed by atoms with E-state index >= 15 is 0 Å². The Balaban J connectivity index is 1.72. The molecule has 0 radical (unpaired) electrons. The van der Waals surface area contributed by atoms with Gasteiger partial charge in [-0.3, -0.25) is 9.59 Å². The fourth-order valence-electron chi connectivity index (χ4n) is 2.15. The normalized spacial score (nSPS) is 11.4. The quantitative estimate of drug-likeness (QED) is 0.446. The van der Waals surface area contributed by atoms with Gasteiger partial charge in [-0.2, -0.15) is 0 Å². The number of Topliss-reactive ketones (excluding diaryl/α,β-unsaturated/α-hetero) is 2. The Bertz CT molecular complexity index is 818. The van der Waals surface area contributed by atoms with Gasteiger partial charge >= 0.3 is 0 Å². The zero-order valence-corrected chi connectivity index (χ0v) is 11.7. The van der Waals surface area contributed by atoms with Crippen LogP contribution in [0.5, 0.6) is 0 Å². The van der Waals surface area contributed by atoms with Crippen molar-refractivity contribution in [1.29, 1.82) is 0 Å². The van der Waals surface area contributed by atoms with Gasteiger partial charge in [-0.25, -0.2) is 0 Å². The first-order valence-corrected chi connectivity index (χ1v) is 7.58. The predicted molar refractivity (Wildman–Crippen MR) is 81.0 cm³/mol. The van der Waals surface area contributed by atoms with E-state index in [9.17, 15) is 9.59 Å². The third-order valence-electron chi connectivity index (χ3n) is 3.12. The number of carbonyl (C=O) groups is 2. The lowest BCUT2D eigenvalue weighted by molar-refractivity contribution is 0.0822. The average Bonchev–Trinajstić information content (AvgIpc) is 3.14. The van der Waals surface area contributed by atoms with Crippen LogP contribution in [-0.2, 0) is 0 Å². The average molecular weight is 300 g/mol. The fourth-order valence-corrected chi connectivity index (χ4v) is 4.07. The van der Waals surface area contributed by atoms with Crippen LogP contribution in [0.3, 0.4) is 0 Å². The van der Waals surface area contributed by atoms with Crippen molar-refractivity contribution >= 4 is 54.7 Å². The molecular weight excluding hydrogens is 292 g/mol. The van der Waals surface area contributed by atoms with Gasteiger partial charge in [0.25, 0.3) is 0 Å². The standard InChI is InChI=1S/C14H8N2O2S2/c17-13(11-5-7-9(19-11)1-3-15-7)14(18)12-6-8-10(20-12)2-4-16-8/h1-6,15-16H. The van der Waals surface area contributed by atoms with Gasteiger partial charge in [0, 0.05) is 12.4 Å². The maximum absolute atomic E-state index is 12.3. The number of thiophene rings is 2. The molecule has 4 aromatic rings. The number of hydrogen-bond acceptors (Lipinski definition) is 4.